The molecule has 0 unspecified atom stereocenters. The number of rotatable bonds is 5. The number of hydrogen-bond donors (Lipinski definition) is 1. The minimum absolute atomic E-state index is 0.0201. The van der Waals surface area contributed by atoms with Gasteiger partial charge >= 0.3 is 0 Å². The second-order valence-electron chi connectivity index (χ2n) is 5.89. The minimum Gasteiger partial charge on any atom is -0.497 e. The van der Waals surface area contributed by atoms with Crippen LogP contribution in [0.2, 0.25) is 0 Å². The van der Waals surface area contributed by atoms with Gasteiger partial charge in [0.05, 0.1) is 14.2 Å². The Morgan fingerprint density at radius 2 is 1.88 bits per heavy atom. The van der Waals surface area contributed by atoms with Crippen LogP contribution in [0.1, 0.15) is 12.5 Å². The zero-order valence-electron chi connectivity index (χ0n) is 14.8. The number of carbonyl (C=O) groups excluding carboxylic acids is 1. The highest BCUT2D eigenvalue weighted by Crippen LogP contribution is 2.33. The van der Waals surface area contributed by atoms with Gasteiger partial charge in [0.2, 0.25) is 5.91 Å². The van der Waals surface area contributed by atoms with Crippen LogP contribution in [0.25, 0.3) is 0 Å². The van der Waals surface area contributed by atoms with Gasteiger partial charge in [-0.25, -0.2) is 8.42 Å². The molecule has 1 heterocycles. The number of fused-ring (bicyclic) bond motifs is 1. The van der Waals surface area contributed by atoms with Gasteiger partial charge in [-0.15, -0.1) is 0 Å². The van der Waals surface area contributed by atoms with Crippen LogP contribution in [-0.4, -0.2) is 35.1 Å². The molecule has 0 aliphatic carbocycles. The Morgan fingerprint density at radius 3 is 2.54 bits per heavy atom. The molecule has 8 heteroatoms. The number of methoxy groups -OCH3 is 2. The van der Waals surface area contributed by atoms with Gasteiger partial charge in [0, 0.05) is 30.9 Å². The third kappa shape index (κ3) is 3.32. The van der Waals surface area contributed by atoms with E-state index in [0.717, 1.165) is 11.3 Å². The highest BCUT2D eigenvalue weighted by Gasteiger charge is 2.24. The quantitative estimate of drug-likeness (QED) is 0.866. The number of carbonyl (C=O) groups is 1. The average molecular weight is 376 g/mol. The molecule has 0 bridgehead atoms. The molecule has 7 nitrogen and oxygen atoms in total. The molecule has 0 saturated carbocycles. The van der Waals surface area contributed by atoms with E-state index in [-0.39, 0.29) is 16.6 Å². The fourth-order valence-corrected chi connectivity index (χ4v) is 4.20. The third-order valence-electron chi connectivity index (χ3n) is 4.27. The summed E-state index contributed by atoms with van der Waals surface area (Å²) in [6.07, 6.45) is 0.691. The molecule has 0 radical (unpaired) electrons. The van der Waals surface area contributed by atoms with Gasteiger partial charge in [0.15, 0.2) is 0 Å². The van der Waals surface area contributed by atoms with E-state index < -0.39 is 10.0 Å². The number of anilines is 2. The van der Waals surface area contributed by atoms with Crippen molar-refractivity contribution < 1.29 is 22.7 Å². The Labute approximate surface area is 152 Å². The van der Waals surface area contributed by atoms with E-state index in [1.165, 1.54) is 33.3 Å². The predicted octanol–water partition coefficient (Wildman–Crippen LogP) is 2.41. The fraction of sp³-hybridized carbons (Fsp3) is 0.278. The highest BCUT2D eigenvalue weighted by atomic mass is 32.2. The smallest absolute Gasteiger partial charge is 0.265 e. The largest absolute Gasteiger partial charge is 0.497 e. The summed E-state index contributed by atoms with van der Waals surface area (Å²) in [5, 5.41) is 0. The van der Waals surface area contributed by atoms with Crippen LogP contribution in [-0.2, 0) is 21.2 Å². The highest BCUT2D eigenvalue weighted by molar-refractivity contribution is 7.92. The van der Waals surface area contributed by atoms with E-state index in [9.17, 15) is 13.2 Å². The van der Waals surface area contributed by atoms with Gasteiger partial charge < -0.3 is 14.4 Å². The van der Waals surface area contributed by atoms with Crippen LogP contribution in [0.5, 0.6) is 11.5 Å². The lowest BCUT2D eigenvalue weighted by molar-refractivity contribution is -0.116. The minimum atomic E-state index is -3.84. The number of benzene rings is 2. The molecule has 1 aliphatic heterocycles. The van der Waals surface area contributed by atoms with Crippen molar-refractivity contribution in [3.05, 3.63) is 42.0 Å². The molecular formula is C18H20N2O5S. The van der Waals surface area contributed by atoms with Gasteiger partial charge in [-0.05, 0) is 42.3 Å². The Bertz CT molecular complexity index is 956. The molecule has 3 rings (SSSR count). The van der Waals surface area contributed by atoms with E-state index in [2.05, 4.69) is 4.72 Å². The number of ether oxygens (including phenoxy) is 2. The maximum absolute atomic E-state index is 12.8. The van der Waals surface area contributed by atoms with Gasteiger partial charge in [-0.1, -0.05) is 0 Å². The first-order valence-corrected chi connectivity index (χ1v) is 9.50. The third-order valence-corrected chi connectivity index (χ3v) is 5.69. The first kappa shape index (κ1) is 18.1. The lowest BCUT2D eigenvalue weighted by atomic mass is 10.1. The zero-order chi connectivity index (χ0) is 18.9. The van der Waals surface area contributed by atoms with Crippen LogP contribution in [0.15, 0.2) is 41.3 Å². The number of sulfonamides is 1. The molecule has 0 fully saturated rings. The Morgan fingerprint density at radius 1 is 1.12 bits per heavy atom. The Hall–Kier alpha value is -2.74. The van der Waals surface area contributed by atoms with E-state index in [1.54, 1.807) is 29.2 Å². The number of nitrogens with zero attached hydrogens (tertiary/aromatic N) is 1. The SMILES string of the molecule is COc1ccc(S(=O)(=O)Nc2ccc3c(c2)CCN3C(C)=O)c(OC)c1. The van der Waals surface area contributed by atoms with Crippen LogP contribution >= 0.6 is 0 Å². The molecule has 0 aromatic heterocycles. The fourth-order valence-electron chi connectivity index (χ4n) is 3.00. The first-order valence-electron chi connectivity index (χ1n) is 8.01. The van der Waals surface area contributed by atoms with Crippen LogP contribution in [0.4, 0.5) is 11.4 Å². The topological polar surface area (TPSA) is 84.9 Å². The van der Waals surface area contributed by atoms with Gasteiger partial charge in [0.25, 0.3) is 10.0 Å². The molecule has 1 amide bonds. The summed E-state index contributed by atoms with van der Waals surface area (Å²) >= 11 is 0. The summed E-state index contributed by atoms with van der Waals surface area (Å²) in [5.74, 6) is 0.670. The van der Waals surface area contributed by atoms with Crippen molar-refractivity contribution in [2.45, 2.75) is 18.2 Å². The number of nitrogens with one attached hydrogen (secondary N) is 1. The van der Waals surface area contributed by atoms with Crippen molar-refractivity contribution >= 4 is 27.3 Å². The summed E-state index contributed by atoms with van der Waals surface area (Å²) in [7, 11) is -0.941. The maximum atomic E-state index is 12.8. The predicted molar refractivity (Wildman–Crippen MR) is 98.5 cm³/mol. The number of hydrogen-bond acceptors (Lipinski definition) is 5. The standard InChI is InChI=1S/C18H20N2O5S/c1-12(21)20-9-8-13-10-14(4-6-16(13)20)19-26(22,23)18-7-5-15(24-2)11-17(18)25-3/h4-7,10-11,19H,8-9H2,1-3H3. The van der Waals surface area contributed by atoms with Gasteiger partial charge in [-0.2, -0.15) is 0 Å². The molecule has 138 valence electrons. The lowest BCUT2D eigenvalue weighted by Gasteiger charge is -2.16. The van der Waals surface area contributed by atoms with Crippen LogP contribution < -0.4 is 19.1 Å². The van der Waals surface area contributed by atoms with E-state index >= 15 is 0 Å². The molecule has 26 heavy (non-hydrogen) atoms. The van der Waals surface area contributed by atoms with E-state index in [0.29, 0.717) is 24.4 Å². The van der Waals surface area contributed by atoms with Crippen molar-refractivity contribution in [1.82, 2.24) is 0 Å². The Balaban J connectivity index is 1.90. The van der Waals surface area contributed by atoms with Crippen molar-refractivity contribution in [1.29, 1.82) is 0 Å². The Kier molecular flexibility index (Phi) is 4.78. The van der Waals surface area contributed by atoms with Crippen molar-refractivity contribution in [3.63, 3.8) is 0 Å². The molecule has 0 spiro atoms. The second-order valence-corrected chi connectivity index (χ2v) is 7.54. The van der Waals surface area contributed by atoms with Crippen molar-refractivity contribution in [2.24, 2.45) is 0 Å². The second kappa shape index (κ2) is 6.87. The molecule has 1 N–H and O–H groups in total. The summed E-state index contributed by atoms with van der Waals surface area (Å²) in [6, 6.07) is 9.67. The summed E-state index contributed by atoms with van der Waals surface area (Å²) in [6.45, 7) is 2.12. The molecule has 0 saturated heterocycles. The summed E-state index contributed by atoms with van der Waals surface area (Å²) in [5.41, 5.74) is 2.19. The van der Waals surface area contributed by atoms with Crippen LogP contribution in [0.3, 0.4) is 0 Å². The first-order chi connectivity index (χ1) is 12.4. The molecule has 1 aliphatic rings. The maximum Gasteiger partial charge on any atom is 0.265 e. The van der Waals surface area contributed by atoms with Crippen molar-refractivity contribution in [3.8, 4) is 11.5 Å². The number of amides is 1. The lowest BCUT2D eigenvalue weighted by Crippen LogP contribution is -2.25. The van der Waals surface area contributed by atoms with E-state index in [1.807, 2.05) is 0 Å². The molecule has 0 atom stereocenters. The molecule has 2 aromatic rings. The van der Waals surface area contributed by atoms with Gasteiger partial charge in [-0.3, -0.25) is 9.52 Å². The average Bonchev–Trinajstić information content (AvgIpc) is 3.04. The summed E-state index contributed by atoms with van der Waals surface area (Å²) < 4.78 is 38.4. The normalized spacial score (nSPS) is 13.3. The van der Waals surface area contributed by atoms with Crippen LogP contribution in [0, 0.1) is 0 Å². The monoisotopic (exact) mass is 376 g/mol. The molecule has 2 aromatic carbocycles. The molecular weight excluding hydrogens is 356 g/mol. The van der Waals surface area contributed by atoms with Gasteiger partial charge in [0.1, 0.15) is 16.4 Å². The van der Waals surface area contributed by atoms with E-state index in [4.69, 9.17) is 9.47 Å². The zero-order valence-corrected chi connectivity index (χ0v) is 15.6. The van der Waals surface area contributed by atoms with Crippen molar-refractivity contribution in [2.75, 3.05) is 30.4 Å². The summed E-state index contributed by atoms with van der Waals surface area (Å²) in [4.78, 5) is 13.3.